The van der Waals surface area contributed by atoms with E-state index in [9.17, 15) is 4.79 Å². The van der Waals surface area contributed by atoms with Crippen molar-refractivity contribution in [2.45, 2.75) is 12.8 Å². The summed E-state index contributed by atoms with van der Waals surface area (Å²) in [5.74, 6) is -0.0611. The van der Waals surface area contributed by atoms with Crippen molar-refractivity contribution in [2.75, 3.05) is 6.54 Å². The molecule has 1 aliphatic heterocycles. The molecule has 9 heavy (non-hydrogen) atoms. The molecule has 1 heterocycles. The van der Waals surface area contributed by atoms with Crippen LogP contribution in [0.3, 0.4) is 0 Å². The molecule has 0 saturated carbocycles. The van der Waals surface area contributed by atoms with Gasteiger partial charge in [0.25, 0.3) is 0 Å². The maximum atomic E-state index is 10.5. The van der Waals surface area contributed by atoms with E-state index in [1.807, 2.05) is 0 Å². The molecule has 0 aliphatic carbocycles. The molecule has 0 aromatic heterocycles. The van der Waals surface area contributed by atoms with Crippen molar-refractivity contribution in [3.63, 3.8) is 0 Å². The summed E-state index contributed by atoms with van der Waals surface area (Å²) in [6, 6.07) is 0. The van der Waals surface area contributed by atoms with E-state index >= 15 is 0 Å². The highest BCUT2D eigenvalue weighted by Gasteiger charge is 2.12. The summed E-state index contributed by atoms with van der Waals surface area (Å²) in [5.41, 5.74) is 0.568. The van der Waals surface area contributed by atoms with Crippen molar-refractivity contribution in [3.05, 3.63) is 0 Å². The van der Waals surface area contributed by atoms with Crippen LogP contribution in [-0.2, 0) is 4.79 Å². The number of piperidine rings is 1. The van der Waals surface area contributed by atoms with Crippen LogP contribution in [0.25, 0.3) is 0 Å². The maximum absolute atomic E-state index is 10.5. The van der Waals surface area contributed by atoms with E-state index in [0.29, 0.717) is 18.7 Å². The molecule has 1 amide bonds. The van der Waals surface area contributed by atoms with Crippen LogP contribution in [0.15, 0.2) is 5.16 Å². The number of nitrogens with one attached hydrogen (secondary N) is 1. The molecular formula is C5H8N2O2. The van der Waals surface area contributed by atoms with Crippen molar-refractivity contribution in [1.82, 2.24) is 5.32 Å². The van der Waals surface area contributed by atoms with Gasteiger partial charge >= 0.3 is 0 Å². The van der Waals surface area contributed by atoms with Gasteiger partial charge in [0, 0.05) is 13.0 Å². The van der Waals surface area contributed by atoms with Crippen LogP contribution in [0.2, 0.25) is 0 Å². The lowest BCUT2D eigenvalue weighted by Gasteiger charge is -2.11. The molecule has 0 unspecified atom stereocenters. The van der Waals surface area contributed by atoms with E-state index in [0.717, 1.165) is 0 Å². The number of hydrogen-bond acceptors (Lipinski definition) is 3. The standard InChI is InChI=1S/C5H8N2O2/c8-5-3-4(7-9)1-2-6-5/h9H,1-3H2,(H,6,8). The van der Waals surface area contributed by atoms with Gasteiger partial charge in [-0.25, -0.2) is 0 Å². The van der Waals surface area contributed by atoms with E-state index in [1.54, 1.807) is 0 Å². The summed E-state index contributed by atoms with van der Waals surface area (Å²) in [6.07, 6.45) is 0.915. The lowest BCUT2D eigenvalue weighted by molar-refractivity contribution is -0.120. The summed E-state index contributed by atoms with van der Waals surface area (Å²) in [7, 11) is 0. The Morgan fingerprint density at radius 1 is 1.67 bits per heavy atom. The Bertz CT molecular complexity index is 153. The first kappa shape index (κ1) is 6.07. The molecule has 1 saturated heterocycles. The average Bonchev–Trinajstić information content (AvgIpc) is 1.88. The van der Waals surface area contributed by atoms with Crippen LogP contribution < -0.4 is 5.32 Å². The zero-order valence-electron chi connectivity index (χ0n) is 4.92. The van der Waals surface area contributed by atoms with Crippen LogP contribution in [0.5, 0.6) is 0 Å². The molecule has 1 fully saturated rings. The van der Waals surface area contributed by atoms with Gasteiger partial charge in [0.15, 0.2) is 0 Å². The second-order valence-electron chi connectivity index (χ2n) is 1.94. The van der Waals surface area contributed by atoms with Crippen molar-refractivity contribution in [2.24, 2.45) is 5.16 Å². The number of carbonyl (C=O) groups is 1. The predicted octanol–water partition coefficient (Wildman–Crippen LogP) is -0.273. The minimum absolute atomic E-state index is 0.0611. The lowest BCUT2D eigenvalue weighted by atomic mass is 10.1. The van der Waals surface area contributed by atoms with Crippen LogP contribution in [-0.4, -0.2) is 23.4 Å². The fourth-order valence-electron chi connectivity index (χ4n) is 0.768. The predicted molar refractivity (Wildman–Crippen MR) is 31.5 cm³/mol. The van der Waals surface area contributed by atoms with Gasteiger partial charge in [-0.1, -0.05) is 5.16 Å². The molecule has 1 rings (SSSR count). The SMILES string of the molecule is O=C1CC(=NO)CCN1. The van der Waals surface area contributed by atoms with Gasteiger partial charge in [0.05, 0.1) is 12.1 Å². The number of hydrogen-bond donors (Lipinski definition) is 2. The second kappa shape index (κ2) is 2.48. The normalized spacial score (nSPS) is 24.0. The lowest BCUT2D eigenvalue weighted by Crippen LogP contribution is -2.33. The van der Waals surface area contributed by atoms with E-state index < -0.39 is 0 Å². The molecule has 4 nitrogen and oxygen atoms in total. The molecule has 50 valence electrons. The molecule has 0 aromatic carbocycles. The van der Waals surface area contributed by atoms with Crippen molar-refractivity contribution in [1.29, 1.82) is 0 Å². The van der Waals surface area contributed by atoms with Crippen LogP contribution >= 0.6 is 0 Å². The minimum Gasteiger partial charge on any atom is -0.411 e. The molecule has 0 atom stereocenters. The number of nitrogens with zero attached hydrogens (tertiary/aromatic N) is 1. The fourth-order valence-corrected chi connectivity index (χ4v) is 0.768. The molecule has 0 spiro atoms. The number of amides is 1. The smallest absolute Gasteiger partial charge is 0.225 e. The van der Waals surface area contributed by atoms with Gasteiger partial charge in [0.1, 0.15) is 0 Å². The third-order valence-electron chi connectivity index (χ3n) is 1.24. The largest absolute Gasteiger partial charge is 0.411 e. The monoisotopic (exact) mass is 128 g/mol. The first-order valence-electron chi connectivity index (χ1n) is 2.79. The molecular weight excluding hydrogens is 120 g/mol. The Kier molecular flexibility index (Phi) is 1.67. The topological polar surface area (TPSA) is 61.7 Å². The van der Waals surface area contributed by atoms with Gasteiger partial charge in [0.2, 0.25) is 5.91 Å². The highest BCUT2D eigenvalue weighted by Crippen LogP contribution is 1.97. The molecule has 0 bridgehead atoms. The second-order valence-corrected chi connectivity index (χ2v) is 1.94. The third-order valence-corrected chi connectivity index (χ3v) is 1.24. The van der Waals surface area contributed by atoms with Crippen molar-refractivity contribution >= 4 is 11.6 Å². The van der Waals surface area contributed by atoms with E-state index in [2.05, 4.69) is 10.5 Å². The highest BCUT2D eigenvalue weighted by molar-refractivity contribution is 6.02. The van der Waals surface area contributed by atoms with Gasteiger partial charge in [-0.15, -0.1) is 0 Å². The third kappa shape index (κ3) is 1.42. The first-order chi connectivity index (χ1) is 4.33. The fraction of sp³-hybridized carbons (Fsp3) is 0.600. The van der Waals surface area contributed by atoms with Crippen molar-refractivity contribution < 1.29 is 10.0 Å². The van der Waals surface area contributed by atoms with Crippen LogP contribution in [0.4, 0.5) is 0 Å². The quantitative estimate of drug-likeness (QED) is 0.348. The summed E-state index contributed by atoms with van der Waals surface area (Å²) >= 11 is 0. The number of rotatable bonds is 0. The Morgan fingerprint density at radius 3 is 2.89 bits per heavy atom. The highest BCUT2D eigenvalue weighted by atomic mass is 16.4. The van der Waals surface area contributed by atoms with E-state index in [4.69, 9.17) is 5.21 Å². The maximum Gasteiger partial charge on any atom is 0.225 e. The van der Waals surface area contributed by atoms with Crippen molar-refractivity contribution in [3.8, 4) is 0 Å². The van der Waals surface area contributed by atoms with Crippen LogP contribution in [0, 0.1) is 0 Å². The molecule has 4 heteroatoms. The van der Waals surface area contributed by atoms with Gasteiger partial charge in [-0.05, 0) is 0 Å². The molecule has 1 aliphatic rings. The van der Waals surface area contributed by atoms with Gasteiger partial charge < -0.3 is 10.5 Å². The Labute approximate surface area is 52.5 Å². The summed E-state index contributed by atoms with van der Waals surface area (Å²) in [6.45, 7) is 0.595. The van der Waals surface area contributed by atoms with Gasteiger partial charge in [-0.3, -0.25) is 4.79 Å². The molecule has 0 aromatic rings. The first-order valence-corrected chi connectivity index (χ1v) is 2.79. The number of carbonyl (C=O) groups excluding carboxylic acids is 1. The Hall–Kier alpha value is -1.06. The van der Waals surface area contributed by atoms with Gasteiger partial charge in [-0.2, -0.15) is 0 Å². The summed E-state index contributed by atoms with van der Waals surface area (Å²) in [5, 5.41) is 13.8. The van der Waals surface area contributed by atoms with E-state index in [1.165, 1.54) is 0 Å². The Morgan fingerprint density at radius 2 is 2.44 bits per heavy atom. The summed E-state index contributed by atoms with van der Waals surface area (Å²) in [4.78, 5) is 10.5. The zero-order chi connectivity index (χ0) is 6.69. The zero-order valence-corrected chi connectivity index (χ0v) is 4.92. The Balaban J connectivity index is 2.51. The molecule has 2 N–H and O–H groups in total. The van der Waals surface area contributed by atoms with E-state index in [-0.39, 0.29) is 12.3 Å². The molecule has 0 radical (unpaired) electrons. The number of oxime groups is 1. The minimum atomic E-state index is -0.0611. The average molecular weight is 128 g/mol. The van der Waals surface area contributed by atoms with Crippen LogP contribution in [0.1, 0.15) is 12.8 Å². The summed E-state index contributed by atoms with van der Waals surface area (Å²) < 4.78 is 0.